The van der Waals surface area contributed by atoms with Crippen LogP contribution >= 0.6 is 23.2 Å². The Morgan fingerprint density at radius 3 is 2.41 bits per heavy atom. The molecule has 0 bridgehead atoms. The van der Waals surface area contributed by atoms with E-state index in [1.54, 1.807) is 18.2 Å². The highest BCUT2D eigenvalue weighted by atomic mass is 35.5. The van der Waals surface area contributed by atoms with Crippen LogP contribution in [0.2, 0.25) is 10.0 Å². The van der Waals surface area contributed by atoms with Crippen LogP contribution in [0.4, 0.5) is 18.9 Å². The first kappa shape index (κ1) is 29.0. The first-order valence-electron chi connectivity index (χ1n) is 13.0. The lowest BCUT2D eigenvalue weighted by atomic mass is 10.1. The van der Waals surface area contributed by atoms with Gasteiger partial charge in [0.2, 0.25) is 0 Å². The van der Waals surface area contributed by atoms with Crippen molar-refractivity contribution in [1.29, 1.82) is 0 Å². The number of fused-ring (bicyclic) bond motifs is 1. The Labute approximate surface area is 245 Å². The highest BCUT2D eigenvalue weighted by molar-refractivity contribution is 6.39. The molecule has 0 N–H and O–H groups in total. The van der Waals surface area contributed by atoms with Gasteiger partial charge in [-0.2, -0.15) is 13.2 Å². The number of carbonyl (C=O) groups is 1. The van der Waals surface area contributed by atoms with E-state index in [0.29, 0.717) is 65.1 Å². The van der Waals surface area contributed by atoms with Crippen molar-refractivity contribution in [2.24, 2.45) is 0 Å². The molecule has 1 aromatic heterocycles. The molecule has 6 nitrogen and oxygen atoms in total. The van der Waals surface area contributed by atoms with Crippen LogP contribution in [0.15, 0.2) is 72.8 Å². The second kappa shape index (κ2) is 12.5. The SMILES string of the molecule is O=C(OCCN1CCN(c2cccc(C(F)(F)F)c2)CC1)c1cc(OCc2ccccc2)c2c(Cl)cc(Cl)cc2n1. The van der Waals surface area contributed by atoms with E-state index in [2.05, 4.69) is 9.88 Å². The summed E-state index contributed by atoms with van der Waals surface area (Å²) < 4.78 is 50.8. The molecule has 0 unspecified atom stereocenters. The first-order valence-corrected chi connectivity index (χ1v) is 13.7. The number of hydrogen-bond donors (Lipinski definition) is 0. The van der Waals surface area contributed by atoms with Gasteiger partial charge in [-0.05, 0) is 35.9 Å². The molecular formula is C30H26Cl2F3N3O3. The van der Waals surface area contributed by atoms with Gasteiger partial charge in [0, 0.05) is 49.5 Å². The highest BCUT2D eigenvalue weighted by Gasteiger charge is 2.31. The lowest BCUT2D eigenvalue weighted by Gasteiger charge is -2.36. The Hall–Kier alpha value is -3.53. The molecule has 214 valence electrons. The van der Waals surface area contributed by atoms with Crippen LogP contribution in [0, 0.1) is 0 Å². The van der Waals surface area contributed by atoms with Crippen LogP contribution < -0.4 is 9.64 Å². The number of aromatic nitrogens is 1. The van der Waals surface area contributed by atoms with Gasteiger partial charge < -0.3 is 14.4 Å². The Bertz CT molecular complexity index is 1530. The summed E-state index contributed by atoms with van der Waals surface area (Å²) in [5, 5.41) is 1.27. The zero-order valence-electron chi connectivity index (χ0n) is 21.8. The molecule has 3 aromatic carbocycles. The molecule has 1 aliphatic rings. The number of piperazine rings is 1. The molecule has 0 spiro atoms. The fraction of sp³-hybridized carbons (Fsp3) is 0.267. The smallest absolute Gasteiger partial charge is 0.416 e. The number of hydrogen-bond acceptors (Lipinski definition) is 6. The molecule has 11 heteroatoms. The average Bonchev–Trinajstić information content (AvgIpc) is 2.96. The van der Waals surface area contributed by atoms with E-state index >= 15 is 0 Å². The predicted molar refractivity (Wildman–Crippen MR) is 153 cm³/mol. The minimum absolute atomic E-state index is 0.0632. The zero-order chi connectivity index (χ0) is 29.0. The number of alkyl halides is 3. The van der Waals surface area contributed by atoms with Gasteiger partial charge in [-0.1, -0.05) is 59.6 Å². The van der Waals surface area contributed by atoms with Gasteiger partial charge in [-0.15, -0.1) is 0 Å². The summed E-state index contributed by atoms with van der Waals surface area (Å²) in [5.74, 6) is -0.228. The van der Waals surface area contributed by atoms with Gasteiger partial charge in [-0.25, -0.2) is 9.78 Å². The van der Waals surface area contributed by atoms with Crippen molar-refractivity contribution < 1.29 is 27.4 Å². The summed E-state index contributed by atoms with van der Waals surface area (Å²) in [7, 11) is 0. The topological polar surface area (TPSA) is 54.9 Å². The number of ether oxygens (including phenoxy) is 2. The molecule has 5 rings (SSSR count). The van der Waals surface area contributed by atoms with Crippen LogP contribution in [-0.2, 0) is 17.5 Å². The van der Waals surface area contributed by atoms with E-state index in [1.165, 1.54) is 18.2 Å². The van der Waals surface area contributed by atoms with E-state index in [-0.39, 0.29) is 18.9 Å². The molecule has 4 aromatic rings. The van der Waals surface area contributed by atoms with Crippen molar-refractivity contribution in [3.05, 3.63) is 99.7 Å². The molecule has 0 aliphatic carbocycles. The molecular weight excluding hydrogens is 578 g/mol. The number of esters is 1. The molecule has 1 fully saturated rings. The largest absolute Gasteiger partial charge is 0.488 e. The van der Waals surface area contributed by atoms with Crippen molar-refractivity contribution in [1.82, 2.24) is 9.88 Å². The summed E-state index contributed by atoms with van der Waals surface area (Å²) in [6, 6.07) is 19.6. The number of halogens is 5. The molecule has 0 saturated carbocycles. The fourth-order valence-corrected chi connectivity index (χ4v) is 5.23. The quantitative estimate of drug-likeness (QED) is 0.200. The van der Waals surface area contributed by atoms with Crippen molar-refractivity contribution in [2.75, 3.05) is 44.2 Å². The van der Waals surface area contributed by atoms with Crippen LogP contribution in [0.25, 0.3) is 10.9 Å². The van der Waals surface area contributed by atoms with Gasteiger partial charge in [0.25, 0.3) is 0 Å². The van der Waals surface area contributed by atoms with Gasteiger partial charge in [-0.3, -0.25) is 4.90 Å². The molecule has 2 heterocycles. The standard InChI is InChI=1S/C30H26Cl2F3N3O3/c31-22-16-24(32)28-25(17-22)36-26(18-27(28)41-19-20-5-2-1-3-6-20)29(39)40-14-13-37-9-11-38(12-10-37)23-8-4-7-21(15-23)30(33,34)35/h1-8,15-18H,9-14,19H2. The molecule has 1 saturated heterocycles. The minimum Gasteiger partial charge on any atom is -0.488 e. The van der Waals surface area contributed by atoms with Crippen LogP contribution in [0.3, 0.4) is 0 Å². The van der Waals surface area contributed by atoms with Gasteiger partial charge in [0.15, 0.2) is 5.69 Å². The van der Waals surface area contributed by atoms with E-state index in [1.807, 2.05) is 35.2 Å². The fourth-order valence-electron chi connectivity index (χ4n) is 4.65. The second-order valence-electron chi connectivity index (χ2n) is 9.57. The molecule has 0 amide bonds. The van der Waals surface area contributed by atoms with E-state index in [4.69, 9.17) is 32.7 Å². The van der Waals surface area contributed by atoms with Crippen LogP contribution in [-0.4, -0.2) is 55.2 Å². The van der Waals surface area contributed by atoms with Crippen LogP contribution in [0.5, 0.6) is 5.75 Å². The molecule has 0 radical (unpaired) electrons. The van der Waals surface area contributed by atoms with Gasteiger partial charge in [0.1, 0.15) is 19.0 Å². The van der Waals surface area contributed by atoms with Gasteiger partial charge in [0.05, 0.1) is 21.5 Å². The maximum Gasteiger partial charge on any atom is 0.416 e. The normalized spacial score (nSPS) is 14.3. The summed E-state index contributed by atoms with van der Waals surface area (Å²) in [5.41, 5.74) is 1.29. The summed E-state index contributed by atoms with van der Waals surface area (Å²) in [6.45, 7) is 3.23. The lowest BCUT2D eigenvalue weighted by Crippen LogP contribution is -2.47. The number of carbonyl (C=O) groups excluding carboxylic acids is 1. The van der Waals surface area contributed by atoms with E-state index < -0.39 is 17.7 Å². The number of nitrogens with zero attached hydrogens (tertiary/aromatic N) is 3. The summed E-state index contributed by atoms with van der Waals surface area (Å²) in [6.07, 6.45) is -4.38. The number of benzene rings is 3. The molecule has 41 heavy (non-hydrogen) atoms. The minimum atomic E-state index is -4.38. The first-order chi connectivity index (χ1) is 19.7. The lowest BCUT2D eigenvalue weighted by molar-refractivity contribution is -0.137. The van der Waals surface area contributed by atoms with Crippen molar-refractivity contribution in [3.63, 3.8) is 0 Å². The molecule has 0 atom stereocenters. The highest BCUT2D eigenvalue weighted by Crippen LogP contribution is 2.35. The van der Waals surface area contributed by atoms with E-state index in [0.717, 1.165) is 11.6 Å². The maximum absolute atomic E-state index is 13.1. The summed E-state index contributed by atoms with van der Waals surface area (Å²) >= 11 is 12.6. The van der Waals surface area contributed by atoms with Crippen molar-refractivity contribution in [2.45, 2.75) is 12.8 Å². The number of pyridine rings is 1. The summed E-state index contributed by atoms with van der Waals surface area (Å²) in [4.78, 5) is 21.4. The number of rotatable bonds is 8. The zero-order valence-corrected chi connectivity index (χ0v) is 23.3. The third-order valence-electron chi connectivity index (χ3n) is 6.79. The predicted octanol–water partition coefficient (Wildman–Crippen LogP) is 7.12. The Kier molecular flexibility index (Phi) is 8.87. The monoisotopic (exact) mass is 603 g/mol. The Morgan fingerprint density at radius 2 is 1.68 bits per heavy atom. The van der Waals surface area contributed by atoms with Crippen LogP contribution in [0.1, 0.15) is 21.6 Å². The van der Waals surface area contributed by atoms with Crippen molar-refractivity contribution >= 4 is 45.8 Å². The number of anilines is 1. The average molecular weight is 604 g/mol. The third kappa shape index (κ3) is 7.22. The van der Waals surface area contributed by atoms with Gasteiger partial charge >= 0.3 is 12.1 Å². The third-order valence-corrected chi connectivity index (χ3v) is 7.30. The van der Waals surface area contributed by atoms with E-state index in [9.17, 15) is 18.0 Å². The second-order valence-corrected chi connectivity index (χ2v) is 10.4. The molecule has 1 aliphatic heterocycles. The van der Waals surface area contributed by atoms with Crippen molar-refractivity contribution in [3.8, 4) is 5.75 Å². The maximum atomic E-state index is 13.1. The Morgan fingerprint density at radius 1 is 0.927 bits per heavy atom. The Balaban J connectivity index is 1.20.